The Kier molecular flexibility index (Phi) is 5.17. The normalized spacial score (nSPS) is 27.3. The predicted octanol–water partition coefficient (Wildman–Crippen LogP) is 3.26. The van der Waals surface area contributed by atoms with Gasteiger partial charge in [-0.25, -0.2) is 4.39 Å². The van der Waals surface area contributed by atoms with Crippen LogP contribution in [0.25, 0.3) is 0 Å². The van der Waals surface area contributed by atoms with Crippen LogP contribution in [0.3, 0.4) is 0 Å². The molecule has 2 fully saturated rings. The fourth-order valence-corrected chi connectivity index (χ4v) is 3.79. The van der Waals surface area contributed by atoms with Crippen molar-refractivity contribution in [3.8, 4) is 0 Å². The molecule has 1 atom stereocenters. The predicted molar refractivity (Wildman–Crippen MR) is 91.0 cm³/mol. The van der Waals surface area contributed by atoms with Crippen LogP contribution >= 0.6 is 0 Å². The molecule has 0 bridgehead atoms. The fraction of sp³-hybridized carbons (Fsp3) is 0.579. The summed E-state index contributed by atoms with van der Waals surface area (Å²) < 4.78 is 13.0. The SMILES string of the molecule is CCC1CCC(NC(=O)[C@H]2CC(=O)N(c3ccc(F)cc3)C2)CC1. The quantitative estimate of drug-likeness (QED) is 0.920. The van der Waals surface area contributed by atoms with E-state index in [-0.39, 0.29) is 36.0 Å². The lowest BCUT2D eigenvalue weighted by atomic mass is 9.84. The van der Waals surface area contributed by atoms with Crippen LogP contribution in [0.2, 0.25) is 0 Å². The van der Waals surface area contributed by atoms with Crippen LogP contribution in [0.5, 0.6) is 0 Å². The Balaban J connectivity index is 1.55. The number of nitrogens with zero attached hydrogens (tertiary/aromatic N) is 1. The highest BCUT2D eigenvalue weighted by molar-refractivity contribution is 6.00. The maximum Gasteiger partial charge on any atom is 0.227 e. The smallest absolute Gasteiger partial charge is 0.227 e. The van der Waals surface area contributed by atoms with E-state index >= 15 is 0 Å². The first-order valence-corrected chi connectivity index (χ1v) is 8.93. The van der Waals surface area contributed by atoms with Gasteiger partial charge in [0.1, 0.15) is 5.82 Å². The Bertz CT molecular complexity index is 594. The average Bonchev–Trinajstić information content (AvgIpc) is 2.98. The van der Waals surface area contributed by atoms with Gasteiger partial charge in [-0.3, -0.25) is 9.59 Å². The second-order valence-corrected chi connectivity index (χ2v) is 7.02. The van der Waals surface area contributed by atoms with E-state index in [1.165, 1.54) is 31.4 Å². The molecule has 1 aromatic rings. The topological polar surface area (TPSA) is 49.4 Å². The molecule has 2 amide bonds. The van der Waals surface area contributed by atoms with Gasteiger partial charge in [-0.05, 0) is 55.9 Å². The standard InChI is InChI=1S/C19H25FN2O2/c1-2-13-3-7-16(8-4-13)21-19(24)14-11-18(23)22(12-14)17-9-5-15(20)6-10-17/h5-6,9-10,13-14,16H,2-4,7-8,11-12H2,1H3,(H,21,24)/t13?,14-,16?/m0/s1. The van der Waals surface area contributed by atoms with Crippen LogP contribution in [0, 0.1) is 17.7 Å². The molecule has 1 aliphatic heterocycles. The maximum atomic E-state index is 13.0. The van der Waals surface area contributed by atoms with Crippen molar-refractivity contribution in [2.45, 2.75) is 51.5 Å². The van der Waals surface area contributed by atoms with E-state index in [0.29, 0.717) is 12.2 Å². The molecule has 0 spiro atoms. The molecule has 1 aromatic carbocycles. The summed E-state index contributed by atoms with van der Waals surface area (Å²) in [6.45, 7) is 2.60. The summed E-state index contributed by atoms with van der Waals surface area (Å²) in [6, 6.07) is 6.08. The number of anilines is 1. The van der Waals surface area contributed by atoms with E-state index in [1.807, 2.05) is 0 Å². The molecule has 0 unspecified atom stereocenters. The summed E-state index contributed by atoms with van der Waals surface area (Å²) in [7, 11) is 0. The summed E-state index contributed by atoms with van der Waals surface area (Å²) >= 11 is 0. The van der Waals surface area contributed by atoms with Crippen molar-refractivity contribution in [1.29, 1.82) is 0 Å². The van der Waals surface area contributed by atoms with Crippen LogP contribution in [-0.4, -0.2) is 24.4 Å². The number of benzene rings is 1. The summed E-state index contributed by atoms with van der Waals surface area (Å²) in [4.78, 5) is 26.3. The minimum absolute atomic E-state index is 0.0205. The van der Waals surface area contributed by atoms with Crippen molar-refractivity contribution in [3.05, 3.63) is 30.1 Å². The summed E-state index contributed by atoms with van der Waals surface area (Å²) in [5.41, 5.74) is 0.653. The lowest BCUT2D eigenvalue weighted by Gasteiger charge is -2.29. The van der Waals surface area contributed by atoms with Crippen molar-refractivity contribution in [3.63, 3.8) is 0 Å². The number of amides is 2. The van der Waals surface area contributed by atoms with Gasteiger partial charge in [0.25, 0.3) is 0 Å². The third-order valence-electron chi connectivity index (χ3n) is 5.40. The zero-order chi connectivity index (χ0) is 17.1. The van der Waals surface area contributed by atoms with E-state index in [4.69, 9.17) is 0 Å². The molecular formula is C19H25FN2O2. The Morgan fingerprint density at radius 2 is 1.88 bits per heavy atom. The minimum atomic E-state index is -0.331. The molecule has 130 valence electrons. The van der Waals surface area contributed by atoms with Crippen LogP contribution < -0.4 is 10.2 Å². The molecule has 1 saturated heterocycles. The Morgan fingerprint density at radius 3 is 2.50 bits per heavy atom. The molecule has 5 heteroatoms. The molecular weight excluding hydrogens is 307 g/mol. The number of rotatable bonds is 4. The van der Waals surface area contributed by atoms with Crippen LogP contribution in [0.15, 0.2) is 24.3 Å². The van der Waals surface area contributed by atoms with E-state index in [2.05, 4.69) is 12.2 Å². The molecule has 3 rings (SSSR count). The van der Waals surface area contributed by atoms with Crippen molar-refractivity contribution in [2.75, 3.05) is 11.4 Å². The fourth-order valence-electron chi connectivity index (χ4n) is 3.79. The van der Waals surface area contributed by atoms with E-state index < -0.39 is 0 Å². The molecule has 24 heavy (non-hydrogen) atoms. The van der Waals surface area contributed by atoms with Crippen LogP contribution in [0.4, 0.5) is 10.1 Å². The van der Waals surface area contributed by atoms with Gasteiger partial charge in [0.05, 0.1) is 5.92 Å². The first-order valence-electron chi connectivity index (χ1n) is 8.93. The van der Waals surface area contributed by atoms with E-state index in [9.17, 15) is 14.0 Å². The van der Waals surface area contributed by atoms with Gasteiger partial charge in [0.2, 0.25) is 11.8 Å². The largest absolute Gasteiger partial charge is 0.353 e. The zero-order valence-electron chi connectivity index (χ0n) is 14.1. The third kappa shape index (κ3) is 3.77. The minimum Gasteiger partial charge on any atom is -0.353 e. The lowest BCUT2D eigenvalue weighted by Crippen LogP contribution is -2.41. The Labute approximate surface area is 142 Å². The number of hydrogen-bond acceptors (Lipinski definition) is 2. The lowest BCUT2D eigenvalue weighted by molar-refractivity contribution is -0.127. The molecule has 1 aliphatic carbocycles. The van der Waals surface area contributed by atoms with Gasteiger partial charge in [-0.15, -0.1) is 0 Å². The van der Waals surface area contributed by atoms with Crippen LogP contribution in [0.1, 0.15) is 45.4 Å². The third-order valence-corrected chi connectivity index (χ3v) is 5.40. The molecule has 0 aromatic heterocycles. The van der Waals surface area contributed by atoms with Gasteiger partial charge < -0.3 is 10.2 Å². The van der Waals surface area contributed by atoms with Crippen molar-refractivity contribution in [2.24, 2.45) is 11.8 Å². The number of hydrogen-bond donors (Lipinski definition) is 1. The van der Waals surface area contributed by atoms with Crippen molar-refractivity contribution in [1.82, 2.24) is 5.32 Å². The summed E-state index contributed by atoms with van der Waals surface area (Å²) in [5.74, 6) is 0.0540. The Hall–Kier alpha value is -1.91. The summed E-state index contributed by atoms with van der Waals surface area (Å²) in [6.07, 6.45) is 5.86. The average molecular weight is 332 g/mol. The van der Waals surface area contributed by atoms with Crippen molar-refractivity contribution < 1.29 is 14.0 Å². The molecule has 1 heterocycles. The highest BCUT2D eigenvalue weighted by atomic mass is 19.1. The monoisotopic (exact) mass is 332 g/mol. The highest BCUT2D eigenvalue weighted by Gasteiger charge is 2.36. The first-order chi connectivity index (χ1) is 11.6. The highest BCUT2D eigenvalue weighted by Crippen LogP contribution is 2.28. The first kappa shape index (κ1) is 16.9. The molecule has 1 saturated carbocycles. The van der Waals surface area contributed by atoms with E-state index in [1.54, 1.807) is 17.0 Å². The summed E-state index contributed by atoms with van der Waals surface area (Å²) in [5, 5.41) is 3.13. The molecule has 2 aliphatic rings. The second-order valence-electron chi connectivity index (χ2n) is 7.02. The Morgan fingerprint density at radius 1 is 1.21 bits per heavy atom. The molecule has 4 nitrogen and oxygen atoms in total. The van der Waals surface area contributed by atoms with Gasteiger partial charge >= 0.3 is 0 Å². The van der Waals surface area contributed by atoms with Gasteiger partial charge in [0.15, 0.2) is 0 Å². The molecule has 0 radical (unpaired) electrons. The maximum absolute atomic E-state index is 13.0. The van der Waals surface area contributed by atoms with E-state index in [0.717, 1.165) is 18.8 Å². The second kappa shape index (κ2) is 7.32. The number of nitrogens with one attached hydrogen (secondary N) is 1. The van der Waals surface area contributed by atoms with Crippen molar-refractivity contribution >= 4 is 17.5 Å². The number of halogens is 1. The number of carbonyl (C=O) groups is 2. The zero-order valence-corrected chi connectivity index (χ0v) is 14.1. The van der Waals surface area contributed by atoms with Gasteiger partial charge in [0, 0.05) is 24.7 Å². The number of carbonyl (C=O) groups excluding carboxylic acids is 2. The van der Waals surface area contributed by atoms with Crippen LogP contribution in [-0.2, 0) is 9.59 Å². The molecule has 1 N–H and O–H groups in total. The van der Waals surface area contributed by atoms with Gasteiger partial charge in [-0.1, -0.05) is 13.3 Å². The van der Waals surface area contributed by atoms with Gasteiger partial charge in [-0.2, -0.15) is 0 Å².